The number of rotatable bonds is 5. The maximum atomic E-state index is 12.1. The van der Waals surface area contributed by atoms with Crippen LogP contribution in [0.5, 0.6) is 0 Å². The number of carbonyl (C=O) groups is 1. The van der Waals surface area contributed by atoms with Gasteiger partial charge in [0.25, 0.3) is 0 Å². The molecule has 0 saturated heterocycles. The largest absolute Gasteiger partial charge is 0.464 e. The zero-order valence-corrected chi connectivity index (χ0v) is 13.6. The normalized spacial score (nSPS) is 11.0. The first-order chi connectivity index (χ1) is 10.6. The summed E-state index contributed by atoms with van der Waals surface area (Å²) in [5, 5.41) is 6.07. The Labute approximate surface area is 134 Å². The van der Waals surface area contributed by atoms with E-state index in [1.54, 1.807) is 17.6 Å². The Balaban J connectivity index is 1.62. The number of thiophene rings is 1. The van der Waals surface area contributed by atoms with Gasteiger partial charge >= 0.3 is 0 Å². The topological polar surface area (TPSA) is 42.2 Å². The van der Waals surface area contributed by atoms with Crippen molar-refractivity contribution in [3.05, 3.63) is 57.5 Å². The van der Waals surface area contributed by atoms with Crippen LogP contribution < -0.4 is 5.32 Å². The van der Waals surface area contributed by atoms with Crippen LogP contribution in [-0.4, -0.2) is 12.5 Å². The summed E-state index contributed by atoms with van der Waals surface area (Å²) in [6, 6.07) is 8.25. The molecule has 4 heteroatoms. The number of amides is 1. The SMILES string of the molecule is Cc1cc2occ(CC(=O)NCCc3cccs3)c2cc1C. The van der Waals surface area contributed by atoms with E-state index < -0.39 is 0 Å². The first-order valence-electron chi connectivity index (χ1n) is 7.40. The van der Waals surface area contributed by atoms with E-state index in [-0.39, 0.29) is 5.91 Å². The molecule has 1 amide bonds. The van der Waals surface area contributed by atoms with Crippen LogP contribution >= 0.6 is 11.3 Å². The molecular weight excluding hydrogens is 294 g/mol. The highest BCUT2D eigenvalue weighted by Gasteiger charge is 2.11. The van der Waals surface area contributed by atoms with Crippen molar-refractivity contribution in [2.75, 3.05) is 6.54 Å². The number of hydrogen-bond acceptors (Lipinski definition) is 3. The van der Waals surface area contributed by atoms with Crippen molar-refractivity contribution in [2.45, 2.75) is 26.7 Å². The number of nitrogens with one attached hydrogen (secondary N) is 1. The first kappa shape index (κ1) is 14.9. The number of carbonyl (C=O) groups excluding carboxylic acids is 1. The fraction of sp³-hybridized carbons (Fsp3) is 0.278. The van der Waals surface area contributed by atoms with E-state index >= 15 is 0 Å². The molecule has 0 saturated carbocycles. The molecule has 0 spiro atoms. The van der Waals surface area contributed by atoms with Gasteiger partial charge in [0, 0.05) is 22.4 Å². The third-order valence-corrected chi connectivity index (χ3v) is 4.83. The predicted molar refractivity (Wildman–Crippen MR) is 90.4 cm³/mol. The number of furan rings is 1. The molecule has 114 valence electrons. The average Bonchev–Trinajstić information content (AvgIpc) is 3.11. The zero-order valence-electron chi connectivity index (χ0n) is 12.8. The fourth-order valence-electron chi connectivity index (χ4n) is 2.49. The maximum Gasteiger partial charge on any atom is 0.224 e. The van der Waals surface area contributed by atoms with Gasteiger partial charge in [0.05, 0.1) is 12.7 Å². The highest BCUT2D eigenvalue weighted by Crippen LogP contribution is 2.25. The second-order valence-corrected chi connectivity index (χ2v) is 6.58. The molecule has 3 aromatic rings. The monoisotopic (exact) mass is 313 g/mol. The van der Waals surface area contributed by atoms with Crippen LogP contribution in [0.2, 0.25) is 0 Å². The van der Waals surface area contributed by atoms with Crippen molar-refractivity contribution in [2.24, 2.45) is 0 Å². The van der Waals surface area contributed by atoms with Crippen LogP contribution in [-0.2, 0) is 17.6 Å². The summed E-state index contributed by atoms with van der Waals surface area (Å²) in [7, 11) is 0. The zero-order chi connectivity index (χ0) is 15.5. The summed E-state index contributed by atoms with van der Waals surface area (Å²) in [4.78, 5) is 13.4. The van der Waals surface area contributed by atoms with Crippen molar-refractivity contribution in [1.82, 2.24) is 5.32 Å². The van der Waals surface area contributed by atoms with Crippen LogP contribution in [0, 0.1) is 13.8 Å². The summed E-state index contributed by atoms with van der Waals surface area (Å²) in [5.74, 6) is 0.0393. The molecule has 0 radical (unpaired) electrons. The molecule has 0 fully saturated rings. The van der Waals surface area contributed by atoms with Gasteiger partial charge in [0.1, 0.15) is 5.58 Å². The van der Waals surface area contributed by atoms with Crippen LogP contribution in [0.4, 0.5) is 0 Å². The lowest BCUT2D eigenvalue weighted by Gasteiger charge is -2.04. The summed E-state index contributed by atoms with van der Waals surface area (Å²) in [6.07, 6.45) is 2.94. The molecule has 2 aromatic heterocycles. The molecule has 0 atom stereocenters. The van der Waals surface area contributed by atoms with Crippen molar-refractivity contribution >= 4 is 28.2 Å². The smallest absolute Gasteiger partial charge is 0.224 e. The maximum absolute atomic E-state index is 12.1. The van der Waals surface area contributed by atoms with Gasteiger partial charge in [0.15, 0.2) is 0 Å². The molecule has 1 aromatic carbocycles. The van der Waals surface area contributed by atoms with Gasteiger partial charge in [0.2, 0.25) is 5.91 Å². The Morgan fingerprint density at radius 3 is 2.86 bits per heavy atom. The summed E-state index contributed by atoms with van der Waals surface area (Å²) in [5.41, 5.74) is 4.22. The van der Waals surface area contributed by atoms with Crippen molar-refractivity contribution < 1.29 is 9.21 Å². The molecule has 2 heterocycles. The van der Waals surface area contributed by atoms with Gasteiger partial charge in [-0.3, -0.25) is 4.79 Å². The van der Waals surface area contributed by atoms with Gasteiger partial charge in [-0.1, -0.05) is 6.07 Å². The summed E-state index contributed by atoms with van der Waals surface area (Å²) < 4.78 is 5.57. The minimum absolute atomic E-state index is 0.0393. The third kappa shape index (κ3) is 3.22. The number of fused-ring (bicyclic) bond motifs is 1. The third-order valence-electron chi connectivity index (χ3n) is 3.89. The van der Waals surface area contributed by atoms with Crippen LogP contribution in [0.1, 0.15) is 21.6 Å². The molecule has 0 aliphatic heterocycles. The standard InChI is InChI=1S/C18H19NO2S/c1-12-8-16-14(11-21-17(16)9-13(12)2)10-18(20)19-6-5-15-4-3-7-22-15/h3-4,7-9,11H,5-6,10H2,1-2H3,(H,19,20). The second-order valence-electron chi connectivity index (χ2n) is 5.55. The Morgan fingerprint density at radius 1 is 1.27 bits per heavy atom. The van der Waals surface area contributed by atoms with Gasteiger partial charge in [-0.25, -0.2) is 0 Å². The van der Waals surface area contributed by atoms with Gasteiger partial charge in [-0.2, -0.15) is 0 Å². The molecule has 0 unspecified atom stereocenters. The van der Waals surface area contributed by atoms with E-state index in [0.717, 1.165) is 23.0 Å². The van der Waals surface area contributed by atoms with E-state index in [2.05, 4.69) is 36.7 Å². The van der Waals surface area contributed by atoms with E-state index in [1.807, 2.05) is 12.1 Å². The number of benzene rings is 1. The van der Waals surface area contributed by atoms with E-state index in [0.29, 0.717) is 13.0 Å². The molecule has 22 heavy (non-hydrogen) atoms. The lowest BCUT2D eigenvalue weighted by molar-refractivity contribution is -0.120. The Hall–Kier alpha value is -2.07. The lowest BCUT2D eigenvalue weighted by atomic mass is 10.0. The van der Waals surface area contributed by atoms with Crippen molar-refractivity contribution in [3.8, 4) is 0 Å². The second kappa shape index (κ2) is 6.36. The molecule has 1 N–H and O–H groups in total. The highest BCUT2D eigenvalue weighted by molar-refractivity contribution is 7.09. The van der Waals surface area contributed by atoms with Gasteiger partial charge < -0.3 is 9.73 Å². The van der Waals surface area contributed by atoms with Crippen LogP contribution in [0.15, 0.2) is 40.3 Å². The van der Waals surface area contributed by atoms with E-state index in [4.69, 9.17) is 4.42 Å². The Kier molecular flexibility index (Phi) is 4.29. The quantitative estimate of drug-likeness (QED) is 0.773. The Bertz CT molecular complexity index is 787. The van der Waals surface area contributed by atoms with E-state index in [1.165, 1.54) is 16.0 Å². The van der Waals surface area contributed by atoms with Crippen LogP contribution in [0.3, 0.4) is 0 Å². The minimum atomic E-state index is 0.0393. The molecule has 0 aliphatic carbocycles. The summed E-state index contributed by atoms with van der Waals surface area (Å²) in [6.45, 7) is 4.81. The van der Waals surface area contributed by atoms with Gasteiger partial charge in [-0.05, 0) is 55.0 Å². The van der Waals surface area contributed by atoms with Crippen LogP contribution in [0.25, 0.3) is 11.0 Å². The average molecular weight is 313 g/mol. The van der Waals surface area contributed by atoms with Gasteiger partial charge in [-0.15, -0.1) is 11.3 Å². The predicted octanol–water partition coefficient (Wildman–Crippen LogP) is 4.01. The lowest BCUT2D eigenvalue weighted by Crippen LogP contribution is -2.26. The number of aryl methyl sites for hydroxylation is 2. The summed E-state index contributed by atoms with van der Waals surface area (Å²) >= 11 is 1.72. The molecule has 0 bridgehead atoms. The molecular formula is C18H19NO2S. The minimum Gasteiger partial charge on any atom is -0.464 e. The Morgan fingerprint density at radius 2 is 2.09 bits per heavy atom. The molecule has 0 aliphatic rings. The fourth-order valence-corrected chi connectivity index (χ4v) is 3.20. The highest BCUT2D eigenvalue weighted by atomic mass is 32.1. The van der Waals surface area contributed by atoms with Crippen molar-refractivity contribution in [1.29, 1.82) is 0 Å². The van der Waals surface area contributed by atoms with E-state index in [9.17, 15) is 4.79 Å². The first-order valence-corrected chi connectivity index (χ1v) is 8.28. The molecule has 3 nitrogen and oxygen atoms in total. The number of hydrogen-bond donors (Lipinski definition) is 1. The molecule has 3 rings (SSSR count). The van der Waals surface area contributed by atoms with Crippen molar-refractivity contribution in [3.63, 3.8) is 0 Å².